The molecule has 2 saturated carbocycles. The van der Waals surface area contributed by atoms with E-state index in [2.05, 4.69) is 182 Å². The van der Waals surface area contributed by atoms with Crippen LogP contribution in [0.5, 0.6) is 0 Å². The van der Waals surface area contributed by atoms with Gasteiger partial charge in [-0.2, -0.15) is 0 Å². The molecule has 0 atom stereocenters. The maximum Gasteiger partial charge on any atom is 0.115 e. The Kier molecular flexibility index (Phi) is 23.3. The molecule has 0 saturated heterocycles. The van der Waals surface area contributed by atoms with Gasteiger partial charge in [-0.15, -0.1) is 0 Å². The van der Waals surface area contributed by atoms with Crippen LogP contribution in [0, 0.1) is 0 Å². The van der Waals surface area contributed by atoms with Crippen LogP contribution in [0.2, 0.25) is 0 Å². The first kappa shape index (κ1) is 56.7. The predicted molar refractivity (Wildman–Crippen MR) is 242 cm³/mol. The second kappa shape index (κ2) is 26.2. The summed E-state index contributed by atoms with van der Waals surface area (Å²) < 4.78 is 106. The van der Waals surface area contributed by atoms with Gasteiger partial charge in [0.2, 0.25) is 0 Å². The van der Waals surface area contributed by atoms with Crippen LogP contribution in [-0.2, 0) is 75.6 Å². The standard InChI is InChI=1S/2C21H20P.4BrH.4Mn.2H2O.10O/c2*1-4-10-18(11-5-1)22(21-16-17-21,19-12-6-2-7-13-19)20-14-8-3-9-15-20;;;;;;;;;;;;;;;;;;;;/h2*1-15,21H,16-17H2;4*1H;;;;;2*1H2;;;;;;;;;;/q2*+1;;;;;2*+1;2*+2;;;;;;;;;;;2*-1/p-6. The van der Waals surface area contributed by atoms with Crippen molar-refractivity contribution in [2.45, 2.75) is 37.0 Å². The minimum atomic E-state index is -4.56. The smallest absolute Gasteiger partial charge is 0.0620 e. The van der Waals surface area contributed by atoms with E-state index in [4.69, 9.17) is 47.4 Å². The van der Waals surface area contributed by atoms with Gasteiger partial charge in [0.1, 0.15) is 46.4 Å². The molecule has 0 heterocycles. The summed E-state index contributed by atoms with van der Waals surface area (Å²) in [6, 6.07) is 67.1. The van der Waals surface area contributed by atoms with Crippen LogP contribution in [0.1, 0.15) is 25.7 Å². The Hall–Kier alpha value is -1.58. The Labute approximate surface area is 409 Å². The Morgan fingerprint density at radius 2 is 0.453 bits per heavy atom. The van der Waals surface area contributed by atoms with Gasteiger partial charge in [-0.3, -0.25) is 0 Å². The van der Waals surface area contributed by atoms with Crippen molar-refractivity contribution < 1.29 is 92.4 Å². The molecule has 0 unspecified atom stereocenters. The third kappa shape index (κ3) is 21.2. The molecule has 6 aromatic rings. The largest absolute Gasteiger partial charge is 0.115 e. The average molecular weight is 1340 g/mol. The van der Waals surface area contributed by atoms with Crippen molar-refractivity contribution in [2.75, 3.05) is 0 Å². The zero-order valence-corrected chi connectivity index (χ0v) is 46.1. The summed E-state index contributed by atoms with van der Waals surface area (Å²) >= 11 is -10.1. The molecule has 2 aliphatic carbocycles. The second-order valence-electron chi connectivity index (χ2n) is 13.4. The van der Waals surface area contributed by atoms with Crippen molar-refractivity contribution in [1.29, 1.82) is 0 Å². The van der Waals surface area contributed by atoms with Gasteiger partial charge >= 0.3 is 149 Å². The van der Waals surface area contributed by atoms with E-state index in [0.717, 1.165) is 11.3 Å². The number of rotatable bonds is 8. The molecule has 348 valence electrons. The van der Waals surface area contributed by atoms with Crippen molar-refractivity contribution in [3.63, 3.8) is 0 Å². The molecule has 12 nitrogen and oxygen atoms in total. The van der Waals surface area contributed by atoms with Gasteiger partial charge in [0.05, 0.1) is 11.3 Å². The van der Waals surface area contributed by atoms with Gasteiger partial charge in [0, 0.05) is 0 Å². The Bertz CT molecular complexity index is 2290. The van der Waals surface area contributed by atoms with Gasteiger partial charge in [0.25, 0.3) is 0 Å². The first-order valence-corrected chi connectivity index (χ1v) is 39.7. The minimum absolute atomic E-state index is 0.805. The van der Waals surface area contributed by atoms with Crippen LogP contribution in [0.25, 0.3) is 0 Å². The quantitative estimate of drug-likeness (QED) is 0.114. The van der Waals surface area contributed by atoms with Crippen LogP contribution in [-0.4, -0.2) is 19.7 Å². The fraction of sp³-hybridized carbons (Fsp3) is 0.143. The summed E-state index contributed by atoms with van der Waals surface area (Å²) in [5.41, 5.74) is 1.61. The molecule has 0 aliphatic heterocycles. The topological polar surface area (TPSA) is 223 Å². The fourth-order valence-electron chi connectivity index (χ4n) is 7.06. The summed E-state index contributed by atoms with van der Waals surface area (Å²) in [5.74, 6) is 0. The Morgan fingerprint density at radius 1 is 0.344 bits per heavy atom. The van der Waals surface area contributed by atoms with Crippen LogP contribution in [0.3, 0.4) is 0 Å². The Morgan fingerprint density at radius 3 is 0.547 bits per heavy atom. The third-order valence-electron chi connectivity index (χ3n) is 9.17. The molecule has 2 aliphatic rings. The summed E-state index contributed by atoms with van der Waals surface area (Å²) in [7, 11) is -3.03. The summed E-state index contributed by atoms with van der Waals surface area (Å²) in [5, 5.41) is 9.14. The SMILES string of the molecule is [O]=[Mn](=[O])([O-])[Br].[O]=[Mn](=[O])([O-])[Br].[O]=[Mn](=[O])([OH])[Br].[O]=[Mn](=[O])([OH])[Br].c1ccc([P+](c2ccccc2)(c2ccccc2)C2CC2)cc1.c1ccc([P+](c2ccccc2)(c2ccccc2)C2CC2)cc1. The van der Waals surface area contributed by atoms with Crippen LogP contribution in [0.4, 0.5) is 0 Å². The number of benzene rings is 6. The van der Waals surface area contributed by atoms with E-state index in [1.807, 2.05) is 56.4 Å². The maximum atomic E-state index is 9.16. The monoisotopic (exact) mass is 1340 g/mol. The number of hydrogen-bond donors (Lipinski definition) is 2. The van der Waals surface area contributed by atoms with Crippen LogP contribution in [0.15, 0.2) is 182 Å². The number of hydrogen-bond acceptors (Lipinski definition) is 10. The minimum Gasteiger partial charge on any atom is -0.0620 e. The van der Waals surface area contributed by atoms with Gasteiger partial charge in [-0.25, -0.2) is 0 Å². The first-order valence-electron chi connectivity index (χ1n) is 18.4. The average Bonchev–Trinajstić information content (AvgIpc) is 4.16. The van der Waals surface area contributed by atoms with Crippen molar-refractivity contribution in [3.05, 3.63) is 182 Å². The molecule has 0 radical (unpaired) electrons. The predicted octanol–water partition coefficient (Wildman–Crippen LogP) is 7.22. The van der Waals surface area contributed by atoms with Gasteiger partial charge < -0.3 is 0 Å². The van der Waals surface area contributed by atoms with E-state index in [0.29, 0.717) is 0 Å². The molecule has 2 N–H and O–H groups in total. The van der Waals surface area contributed by atoms with E-state index in [-0.39, 0.29) is 0 Å². The zero-order chi connectivity index (χ0) is 47.7. The van der Waals surface area contributed by atoms with E-state index in [1.165, 1.54) is 57.5 Å². The molecule has 22 heteroatoms. The second-order valence-corrected chi connectivity index (χ2v) is 37.8. The van der Waals surface area contributed by atoms with E-state index >= 15 is 0 Å². The molecule has 8 rings (SSSR count). The molecule has 2 fully saturated rings. The summed E-state index contributed by atoms with van der Waals surface area (Å²) in [6.45, 7) is 0. The van der Waals surface area contributed by atoms with E-state index < -0.39 is 59.4 Å². The van der Waals surface area contributed by atoms with Gasteiger partial charge in [-0.1, -0.05) is 109 Å². The molecule has 0 bridgehead atoms. The van der Waals surface area contributed by atoms with Crippen molar-refractivity contribution in [2.24, 2.45) is 0 Å². The summed E-state index contributed by atoms with van der Waals surface area (Å²) in [6.07, 6.45) is 5.41. The summed E-state index contributed by atoms with van der Waals surface area (Å²) in [4.78, 5) is 0. The third-order valence-corrected chi connectivity index (χ3v) is 19.1. The first-order chi connectivity index (χ1) is 29.8. The normalized spacial score (nSPS) is 13.8. The molecule has 0 amide bonds. The van der Waals surface area contributed by atoms with Crippen molar-refractivity contribution >= 4 is 103 Å². The van der Waals surface area contributed by atoms with E-state index in [9.17, 15) is 0 Å². The molecular formula is C42H42Br4Mn4O12P2. The van der Waals surface area contributed by atoms with Gasteiger partial charge in [0.15, 0.2) is 0 Å². The molecule has 0 spiro atoms. The van der Waals surface area contributed by atoms with Crippen LogP contribution < -0.4 is 40.2 Å². The van der Waals surface area contributed by atoms with Crippen LogP contribution >= 0.6 is 71.0 Å². The van der Waals surface area contributed by atoms with Crippen molar-refractivity contribution in [1.82, 2.24) is 0 Å². The zero-order valence-electron chi connectivity index (χ0n) is 33.2. The Balaban J connectivity index is 0.000000241. The molecular weight excluding hydrogens is 1300 g/mol. The number of halogens is 4. The van der Waals surface area contributed by atoms with Crippen molar-refractivity contribution in [3.8, 4) is 0 Å². The van der Waals surface area contributed by atoms with E-state index in [1.54, 1.807) is 0 Å². The fourth-order valence-corrected chi connectivity index (χ4v) is 17.1. The molecule has 64 heavy (non-hydrogen) atoms. The molecule has 0 aromatic heterocycles. The maximum absolute atomic E-state index is 9.16. The van der Waals surface area contributed by atoms with Gasteiger partial charge in [-0.05, 0) is 98.5 Å². The molecule has 6 aromatic carbocycles.